The number of carbonyl (C=O) groups excluding carboxylic acids is 1. The summed E-state index contributed by atoms with van der Waals surface area (Å²) in [5.41, 5.74) is 0.934. The maximum Gasteiger partial charge on any atom is 0.233 e. The highest BCUT2D eigenvalue weighted by molar-refractivity contribution is 5.91. The monoisotopic (exact) mass is 273 g/mol. The van der Waals surface area contributed by atoms with E-state index < -0.39 is 0 Å². The molecule has 3 heteroatoms. The van der Waals surface area contributed by atoms with Crippen molar-refractivity contribution in [3.8, 4) is 5.75 Å². The molecule has 1 saturated carbocycles. The van der Waals surface area contributed by atoms with Crippen molar-refractivity contribution in [1.82, 2.24) is 4.90 Å². The van der Waals surface area contributed by atoms with E-state index in [0.29, 0.717) is 5.91 Å². The molecule has 0 N–H and O–H groups in total. The van der Waals surface area contributed by atoms with Gasteiger partial charge in [0.1, 0.15) is 5.75 Å². The fraction of sp³-hybridized carbons (Fsp3) is 0.588. The Morgan fingerprint density at radius 2 is 1.65 bits per heavy atom. The van der Waals surface area contributed by atoms with Gasteiger partial charge in [-0.1, -0.05) is 25.0 Å². The molecule has 3 rings (SSSR count). The Bertz CT molecular complexity index is 468. The maximum atomic E-state index is 12.9. The van der Waals surface area contributed by atoms with E-state index in [2.05, 4.69) is 17.0 Å². The molecule has 2 aliphatic rings. The second-order valence-corrected chi connectivity index (χ2v) is 6.02. The van der Waals surface area contributed by atoms with Crippen LogP contribution in [-0.4, -0.2) is 31.0 Å². The van der Waals surface area contributed by atoms with Crippen LogP contribution in [0.15, 0.2) is 24.3 Å². The molecule has 0 unspecified atom stereocenters. The summed E-state index contributed by atoms with van der Waals surface area (Å²) >= 11 is 0. The lowest BCUT2D eigenvalue weighted by molar-refractivity contribution is -0.133. The minimum Gasteiger partial charge on any atom is -0.497 e. The maximum absolute atomic E-state index is 12.9. The molecule has 20 heavy (non-hydrogen) atoms. The molecule has 108 valence electrons. The second-order valence-electron chi connectivity index (χ2n) is 6.02. The molecule has 1 aromatic rings. The van der Waals surface area contributed by atoms with Gasteiger partial charge in [-0.2, -0.15) is 0 Å². The molecule has 2 fully saturated rings. The lowest BCUT2D eigenvalue weighted by Gasteiger charge is -2.26. The summed E-state index contributed by atoms with van der Waals surface area (Å²) < 4.78 is 5.20. The largest absolute Gasteiger partial charge is 0.497 e. The molecule has 0 spiro atoms. The SMILES string of the molecule is COc1ccc(C2(C(=O)N3CCCCCC3)CC2)cc1. The first-order chi connectivity index (χ1) is 9.76. The third-order valence-electron chi connectivity index (χ3n) is 4.70. The number of hydrogen-bond donors (Lipinski definition) is 0. The number of nitrogens with zero attached hydrogens (tertiary/aromatic N) is 1. The van der Waals surface area contributed by atoms with Crippen LogP contribution >= 0.6 is 0 Å². The molecule has 0 atom stereocenters. The smallest absolute Gasteiger partial charge is 0.233 e. The Morgan fingerprint density at radius 3 is 2.15 bits per heavy atom. The lowest BCUT2D eigenvalue weighted by atomic mass is 9.94. The van der Waals surface area contributed by atoms with Crippen molar-refractivity contribution in [2.45, 2.75) is 43.9 Å². The molecule has 1 saturated heterocycles. The van der Waals surface area contributed by atoms with E-state index in [1.54, 1.807) is 7.11 Å². The normalized spacial score (nSPS) is 21.1. The number of amides is 1. The van der Waals surface area contributed by atoms with Gasteiger partial charge in [-0.15, -0.1) is 0 Å². The first-order valence-electron chi connectivity index (χ1n) is 7.70. The van der Waals surface area contributed by atoms with Crippen molar-refractivity contribution < 1.29 is 9.53 Å². The van der Waals surface area contributed by atoms with Crippen LogP contribution < -0.4 is 4.74 Å². The van der Waals surface area contributed by atoms with E-state index in [4.69, 9.17) is 4.74 Å². The zero-order valence-corrected chi connectivity index (χ0v) is 12.2. The van der Waals surface area contributed by atoms with Gasteiger partial charge in [0.2, 0.25) is 5.91 Å². The van der Waals surface area contributed by atoms with Gasteiger partial charge in [0.15, 0.2) is 0 Å². The van der Waals surface area contributed by atoms with Crippen molar-refractivity contribution in [2.75, 3.05) is 20.2 Å². The number of benzene rings is 1. The topological polar surface area (TPSA) is 29.5 Å². The van der Waals surface area contributed by atoms with Gasteiger partial charge in [-0.05, 0) is 43.4 Å². The van der Waals surface area contributed by atoms with Crippen LogP contribution in [-0.2, 0) is 10.2 Å². The van der Waals surface area contributed by atoms with E-state index in [-0.39, 0.29) is 5.41 Å². The van der Waals surface area contributed by atoms with Crippen molar-refractivity contribution >= 4 is 5.91 Å². The molecule has 1 aliphatic carbocycles. The Labute approximate surface area is 120 Å². The van der Waals surface area contributed by atoms with Crippen molar-refractivity contribution in [3.63, 3.8) is 0 Å². The summed E-state index contributed by atoms with van der Waals surface area (Å²) in [7, 11) is 1.67. The molecule has 0 radical (unpaired) electrons. The first kappa shape index (κ1) is 13.5. The third-order valence-corrected chi connectivity index (χ3v) is 4.70. The van der Waals surface area contributed by atoms with E-state index in [1.807, 2.05) is 12.1 Å². The quantitative estimate of drug-likeness (QED) is 0.847. The fourth-order valence-electron chi connectivity index (χ4n) is 3.24. The predicted octanol–water partition coefficient (Wildman–Crippen LogP) is 3.13. The predicted molar refractivity (Wildman–Crippen MR) is 79.0 cm³/mol. The molecule has 0 aromatic heterocycles. The van der Waals surface area contributed by atoms with Gasteiger partial charge in [0.25, 0.3) is 0 Å². The first-order valence-corrected chi connectivity index (χ1v) is 7.70. The van der Waals surface area contributed by atoms with Crippen molar-refractivity contribution in [2.24, 2.45) is 0 Å². The minimum absolute atomic E-state index is 0.226. The molecule has 3 nitrogen and oxygen atoms in total. The van der Waals surface area contributed by atoms with E-state index in [1.165, 1.54) is 12.8 Å². The molecule has 1 amide bonds. The van der Waals surface area contributed by atoms with Crippen molar-refractivity contribution in [3.05, 3.63) is 29.8 Å². The van der Waals surface area contributed by atoms with Crippen LogP contribution in [0.4, 0.5) is 0 Å². The van der Waals surface area contributed by atoms with Crippen LogP contribution in [0.1, 0.15) is 44.1 Å². The van der Waals surface area contributed by atoms with Crippen LogP contribution in [0.3, 0.4) is 0 Å². The summed E-state index contributed by atoms with van der Waals surface area (Å²) in [5.74, 6) is 1.20. The van der Waals surface area contributed by atoms with E-state index in [0.717, 1.165) is 50.1 Å². The van der Waals surface area contributed by atoms with Gasteiger partial charge >= 0.3 is 0 Å². The van der Waals surface area contributed by atoms with E-state index >= 15 is 0 Å². The zero-order valence-electron chi connectivity index (χ0n) is 12.2. The molecule has 1 aliphatic heterocycles. The van der Waals surface area contributed by atoms with Gasteiger partial charge in [-0.3, -0.25) is 4.79 Å². The standard InChI is InChI=1S/C17H23NO2/c1-20-15-8-6-14(7-9-15)17(10-11-17)16(19)18-12-4-2-3-5-13-18/h6-9H,2-5,10-13H2,1H3. The molecule has 0 bridgehead atoms. The Balaban J connectivity index is 1.78. The van der Waals surface area contributed by atoms with Gasteiger partial charge in [0.05, 0.1) is 12.5 Å². The Kier molecular flexibility index (Phi) is 3.68. The number of hydrogen-bond acceptors (Lipinski definition) is 2. The van der Waals surface area contributed by atoms with Crippen LogP contribution in [0.25, 0.3) is 0 Å². The van der Waals surface area contributed by atoms with Crippen molar-refractivity contribution in [1.29, 1.82) is 0 Å². The summed E-state index contributed by atoms with van der Waals surface area (Å²) in [4.78, 5) is 15.0. The Morgan fingerprint density at radius 1 is 1.05 bits per heavy atom. The lowest BCUT2D eigenvalue weighted by Crippen LogP contribution is -2.39. The van der Waals surface area contributed by atoms with Crippen LogP contribution in [0.2, 0.25) is 0 Å². The zero-order chi connectivity index (χ0) is 14.0. The number of likely N-dealkylation sites (tertiary alicyclic amines) is 1. The van der Waals surface area contributed by atoms with E-state index in [9.17, 15) is 4.79 Å². The van der Waals surface area contributed by atoms with Crippen LogP contribution in [0.5, 0.6) is 5.75 Å². The summed E-state index contributed by atoms with van der Waals surface area (Å²) in [6, 6.07) is 8.04. The number of ether oxygens (including phenoxy) is 1. The number of methoxy groups -OCH3 is 1. The second kappa shape index (κ2) is 5.47. The molecular weight excluding hydrogens is 250 g/mol. The average molecular weight is 273 g/mol. The third kappa shape index (κ3) is 2.41. The molecular formula is C17H23NO2. The highest BCUT2D eigenvalue weighted by Crippen LogP contribution is 2.50. The minimum atomic E-state index is -0.226. The number of rotatable bonds is 3. The fourth-order valence-corrected chi connectivity index (χ4v) is 3.24. The molecule has 1 heterocycles. The van der Waals surface area contributed by atoms with Crippen LogP contribution in [0, 0.1) is 0 Å². The highest BCUT2D eigenvalue weighted by atomic mass is 16.5. The summed E-state index contributed by atoms with van der Waals surface area (Å²) in [6.07, 6.45) is 6.83. The van der Waals surface area contributed by atoms with Gasteiger partial charge in [-0.25, -0.2) is 0 Å². The average Bonchev–Trinajstić information content (AvgIpc) is 3.31. The number of carbonyl (C=O) groups is 1. The summed E-state index contributed by atoms with van der Waals surface area (Å²) in [5, 5.41) is 0. The van der Waals surface area contributed by atoms with Gasteiger partial charge in [0, 0.05) is 13.1 Å². The highest BCUT2D eigenvalue weighted by Gasteiger charge is 2.52. The summed E-state index contributed by atoms with van der Waals surface area (Å²) in [6.45, 7) is 1.88. The molecule has 1 aromatic carbocycles. The Hall–Kier alpha value is -1.51. The van der Waals surface area contributed by atoms with Gasteiger partial charge < -0.3 is 9.64 Å².